The normalized spacial score (nSPS) is 10.8. The van der Waals surface area contributed by atoms with Crippen molar-refractivity contribution in [1.29, 1.82) is 0 Å². The number of anilines is 1. The Morgan fingerprint density at radius 2 is 2.11 bits per heavy atom. The highest BCUT2D eigenvalue weighted by molar-refractivity contribution is 9.10. The number of aromatic nitrogens is 1. The summed E-state index contributed by atoms with van der Waals surface area (Å²) >= 11 is 3.23. The Bertz CT molecular complexity index is 436. The summed E-state index contributed by atoms with van der Waals surface area (Å²) < 4.78 is 0.627. The summed E-state index contributed by atoms with van der Waals surface area (Å²) in [6.07, 6.45) is 3.31. The van der Waals surface area contributed by atoms with Crippen molar-refractivity contribution in [2.24, 2.45) is 0 Å². The molecule has 0 aliphatic carbocycles. The fourth-order valence-corrected chi connectivity index (χ4v) is 2.45. The van der Waals surface area contributed by atoms with Gasteiger partial charge >= 0.3 is 5.97 Å². The zero-order chi connectivity index (χ0) is 14.4. The van der Waals surface area contributed by atoms with E-state index in [2.05, 4.69) is 20.9 Å². The summed E-state index contributed by atoms with van der Waals surface area (Å²) in [7, 11) is 0. The summed E-state index contributed by atoms with van der Waals surface area (Å²) in [5.74, 6) is -0.601. The lowest BCUT2D eigenvalue weighted by atomic mass is 10.1. The first-order chi connectivity index (χ1) is 9.04. The second-order valence-electron chi connectivity index (χ2n) is 4.22. The molecule has 2 N–H and O–H groups in total. The van der Waals surface area contributed by atoms with Crippen molar-refractivity contribution < 1.29 is 15.0 Å². The number of aromatic carboxylic acids is 1. The molecule has 1 aromatic rings. The van der Waals surface area contributed by atoms with Crippen molar-refractivity contribution in [2.75, 3.05) is 18.1 Å². The van der Waals surface area contributed by atoms with Gasteiger partial charge in [-0.25, -0.2) is 9.78 Å². The number of hydrogen-bond donors (Lipinski definition) is 2. The minimum absolute atomic E-state index is 0.0344. The van der Waals surface area contributed by atoms with Gasteiger partial charge in [0, 0.05) is 23.3 Å². The third-order valence-corrected chi connectivity index (χ3v) is 3.49. The summed E-state index contributed by atoms with van der Waals surface area (Å²) in [4.78, 5) is 17.4. The van der Waals surface area contributed by atoms with Gasteiger partial charge in [0.1, 0.15) is 11.4 Å². The highest BCUT2D eigenvalue weighted by Crippen LogP contribution is 2.25. The van der Waals surface area contributed by atoms with Gasteiger partial charge in [0.25, 0.3) is 0 Å². The molecule has 0 aliphatic rings. The molecule has 0 aromatic carbocycles. The molecule has 19 heavy (non-hydrogen) atoms. The van der Waals surface area contributed by atoms with Crippen LogP contribution in [0.1, 0.15) is 37.0 Å². The average molecular weight is 331 g/mol. The molecule has 0 unspecified atom stereocenters. The summed E-state index contributed by atoms with van der Waals surface area (Å²) in [5.41, 5.74) is 0.148. The van der Waals surface area contributed by atoms with E-state index >= 15 is 0 Å². The molecule has 106 valence electrons. The van der Waals surface area contributed by atoms with Gasteiger partial charge in [-0.05, 0) is 34.8 Å². The number of carboxylic acids is 1. The van der Waals surface area contributed by atoms with Gasteiger partial charge in [-0.3, -0.25) is 0 Å². The standard InChI is InChI=1S/C13H19BrN2O3/c1-3-10(4-2)16(5-6-17)12-11(13(18)19)7-9(14)8-15-12/h7-8,10,17H,3-6H2,1-2H3,(H,18,19). The molecule has 0 aliphatic heterocycles. The molecule has 1 rings (SSSR count). The number of nitrogens with zero attached hydrogens (tertiary/aromatic N) is 2. The van der Waals surface area contributed by atoms with Crippen LogP contribution in [0.5, 0.6) is 0 Å². The van der Waals surface area contributed by atoms with Gasteiger partial charge in [0.15, 0.2) is 0 Å². The largest absolute Gasteiger partial charge is 0.478 e. The van der Waals surface area contributed by atoms with Gasteiger partial charge in [-0.15, -0.1) is 0 Å². The Hall–Kier alpha value is -1.14. The Morgan fingerprint density at radius 1 is 1.47 bits per heavy atom. The molecule has 0 fully saturated rings. The van der Waals surface area contributed by atoms with E-state index in [-0.39, 0.29) is 18.2 Å². The number of aliphatic hydroxyl groups is 1. The predicted octanol–water partition coefficient (Wildman–Crippen LogP) is 2.53. The molecule has 1 aromatic heterocycles. The summed E-state index contributed by atoms with van der Waals surface area (Å²) in [6, 6.07) is 1.70. The third kappa shape index (κ3) is 3.91. The number of hydrogen-bond acceptors (Lipinski definition) is 4. The van der Waals surface area contributed by atoms with Crippen LogP contribution in [0.3, 0.4) is 0 Å². The molecule has 0 bridgehead atoms. The minimum atomic E-state index is -1.02. The van der Waals surface area contributed by atoms with Crippen LogP contribution < -0.4 is 4.90 Å². The first-order valence-corrected chi connectivity index (χ1v) is 7.10. The van der Waals surface area contributed by atoms with Gasteiger partial charge in [-0.2, -0.15) is 0 Å². The number of carbonyl (C=O) groups is 1. The zero-order valence-corrected chi connectivity index (χ0v) is 12.7. The molecule has 0 atom stereocenters. The maximum atomic E-state index is 11.3. The maximum absolute atomic E-state index is 11.3. The predicted molar refractivity (Wildman–Crippen MR) is 77.7 cm³/mol. The van der Waals surface area contributed by atoms with Gasteiger partial charge in [-0.1, -0.05) is 13.8 Å². The minimum Gasteiger partial charge on any atom is -0.478 e. The molecule has 5 nitrogen and oxygen atoms in total. The Morgan fingerprint density at radius 3 is 2.58 bits per heavy atom. The van der Waals surface area contributed by atoms with Crippen LogP contribution >= 0.6 is 15.9 Å². The fourth-order valence-electron chi connectivity index (χ4n) is 2.12. The smallest absolute Gasteiger partial charge is 0.339 e. The first kappa shape index (κ1) is 15.9. The Labute approximate surface area is 121 Å². The monoisotopic (exact) mass is 330 g/mol. The maximum Gasteiger partial charge on any atom is 0.339 e. The van der Waals surface area contributed by atoms with Crippen LogP contribution in [0.2, 0.25) is 0 Å². The van der Waals surface area contributed by atoms with Crippen molar-refractivity contribution in [2.45, 2.75) is 32.7 Å². The zero-order valence-electron chi connectivity index (χ0n) is 11.1. The highest BCUT2D eigenvalue weighted by atomic mass is 79.9. The SMILES string of the molecule is CCC(CC)N(CCO)c1ncc(Br)cc1C(=O)O. The van der Waals surface area contributed by atoms with E-state index in [1.54, 1.807) is 6.20 Å². The molecule has 1 heterocycles. The number of carboxylic acid groups (broad SMARTS) is 1. The van der Waals surface area contributed by atoms with E-state index in [4.69, 9.17) is 0 Å². The number of pyridine rings is 1. The molecule has 6 heteroatoms. The second-order valence-corrected chi connectivity index (χ2v) is 5.13. The molecule has 0 spiro atoms. The van der Waals surface area contributed by atoms with Crippen molar-refractivity contribution in [3.05, 3.63) is 22.3 Å². The number of aliphatic hydroxyl groups excluding tert-OH is 1. The van der Waals surface area contributed by atoms with Gasteiger partial charge in [0.2, 0.25) is 0 Å². The van der Waals surface area contributed by atoms with Crippen molar-refractivity contribution in [3.63, 3.8) is 0 Å². The van der Waals surface area contributed by atoms with Crippen LogP contribution in [0, 0.1) is 0 Å². The lowest BCUT2D eigenvalue weighted by Gasteiger charge is -2.32. The van der Waals surface area contributed by atoms with E-state index in [0.29, 0.717) is 16.8 Å². The second kappa shape index (κ2) is 7.45. The summed E-state index contributed by atoms with van der Waals surface area (Å²) in [6.45, 7) is 4.42. The van der Waals surface area contributed by atoms with Crippen LogP contribution in [0.4, 0.5) is 5.82 Å². The van der Waals surface area contributed by atoms with Crippen LogP contribution in [0.15, 0.2) is 16.7 Å². The van der Waals surface area contributed by atoms with Gasteiger partial charge in [0.05, 0.1) is 6.61 Å². The third-order valence-electron chi connectivity index (χ3n) is 3.06. The Kier molecular flexibility index (Phi) is 6.24. The average Bonchev–Trinajstić information content (AvgIpc) is 2.39. The quantitative estimate of drug-likeness (QED) is 0.803. The van der Waals surface area contributed by atoms with E-state index < -0.39 is 5.97 Å². The topological polar surface area (TPSA) is 73.7 Å². The van der Waals surface area contributed by atoms with Crippen molar-refractivity contribution in [1.82, 2.24) is 4.98 Å². The van der Waals surface area contributed by atoms with Crippen LogP contribution in [0.25, 0.3) is 0 Å². The number of rotatable bonds is 7. The van der Waals surface area contributed by atoms with Crippen LogP contribution in [-0.4, -0.2) is 40.4 Å². The summed E-state index contributed by atoms with van der Waals surface area (Å²) in [5, 5.41) is 18.5. The van der Waals surface area contributed by atoms with Gasteiger partial charge < -0.3 is 15.1 Å². The van der Waals surface area contributed by atoms with Crippen molar-refractivity contribution >= 4 is 27.7 Å². The van der Waals surface area contributed by atoms with E-state index in [0.717, 1.165) is 12.8 Å². The highest BCUT2D eigenvalue weighted by Gasteiger charge is 2.22. The molecular weight excluding hydrogens is 312 g/mol. The van der Waals surface area contributed by atoms with E-state index in [9.17, 15) is 15.0 Å². The Balaban J connectivity index is 3.25. The van der Waals surface area contributed by atoms with E-state index in [1.165, 1.54) is 6.07 Å². The lowest BCUT2D eigenvalue weighted by molar-refractivity contribution is 0.0696. The molecule has 0 amide bonds. The van der Waals surface area contributed by atoms with E-state index in [1.807, 2.05) is 18.7 Å². The molecule has 0 saturated carbocycles. The first-order valence-electron chi connectivity index (χ1n) is 6.31. The molecular formula is C13H19BrN2O3. The molecule has 0 saturated heterocycles. The number of halogens is 1. The van der Waals surface area contributed by atoms with Crippen LogP contribution in [-0.2, 0) is 0 Å². The molecule has 0 radical (unpaired) electrons. The lowest BCUT2D eigenvalue weighted by Crippen LogP contribution is -2.38. The fraction of sp³-hybridized carbons (Fsp3) is 0.538. The van der Waals surface area contributed by atoms with Crippen molar-refractivity contribution in [3.8, 4) is 0 Å².